The van der Waals surface area contributed by atoms with E-state index in [-0.39, 0.29) is 11.4 Å². The van der Waals surface area contributed by atoms with Gasteiger partial charge in [0.25, 0.3) is 0 Å². The van der Waals surface area contributed by atoms with Gasteiger partial charge >= 0.3 is 0 Å². The summed E-state index contributed by atoms with van der Waals surface area (Å²) >= 11 is 0. The van der Waals surface area contributed by atoms with Crippen LogP contribution in [0.15, 0.2) is 36.7 Å². The summed E-state index contributed by atoms with van der Waals surface area (Å²) in [6, 6.07) is 9.50. The van der Waals surface area contributed by atoms with Gasteiger partial charge in [-0.2, -0.15) is 5.26 Å². The summed E-state index contributed by atoms with van der Waals surface area (Å²) in [4.78, 5) is 12.9. The Bertz CT molecular complexity index is 977. The molecule has 0 saturated carbocycles. The fourth-order valence-corrected chi connectivity index (χ4v) is 2.79. The van der Waals surface area contributed by atoms with Crippen LogP contribution in [-0.2, 0) is 0 Å². The average Bonchev–Trinajstić information content (AvgIpc) is 2.64. The lowest BCUT2D eigenvalue weighted by atomic mass is 9.97. The number of nitrogens with zero attached hydrogens (tertiary/aromatic N) is 4. The molecule has 25 heavy (non-hydrogen) atoms. The highest BCUT2D eigenvalue weighted by atomic mass is 16.5. The van der Waals surface area contributed by atoms with Crippen LogP contribution >= 0.6 is 0 Å². The molecule has 3 rings (SSSR count). The number of aryl methyl sites for hydroxylation is 1. The Morgan fingerprint density at radius 3 is 2.44 bits per heavy atom. The van der Waals surface area contributed by atoms with Gasteiger partial charge in [-0.3, -0.25) is 4.98 Å². The molecule has 0 aliphatic carbocycles. The molecule has 124 valence electrons. The fraction of sp³-hybridized carbons (Fsp3) is 0.158. The van der Waals surface area contributed by atoms with Gasteiger partial charge in [0.15, 0.2) is 11.5 Å². The molecule has 0 saturated heterocycles. The van der Waals surface area contributed by atoms with Gasteiger partial charge in [-0.1, -0.05) is 6.07 Å². The maximum Gasteiger partial charge on any atom is 0.168 e. The molecule has 2 N–H and O–H groups in total. The number of benzene rings is 1. The first-order valence-corrected chi connectivity index (χ1v) is 7.69. The van der Waals surface area contributed by atoms with E-state index in [0.717, 1.165) is 28.0 Å². The lowest BCUT2D eigenvalue weighted by molar-refractivity contribution is 0.412. The molecule has 3 aromatic rings. The standard InChI is InChI=1S/C19H17N5O/c1-11-4-5-15(25-3)12(2)16(11)18-17(21)14(10-20)23-19(24-18)13-6-8-22-9-7-13/h4-9H,21H2,1-3H3. The quantitative estimate of drug-likeness (QED) is 0.791. The van der Waals surface area contributed by atoms with E-state index < -0.39 is 0 Å². The smallest absolute Gasteiger partial charge is 0.168 e. The normalized spacial score (nSPS) is 10.3. The minimum absolute atomic E-state index is 0.151. The molecule has 2 aromatic heterocycles. The number of hydrogen-bond donors (Lipinski definition) is 1. The number of ether oxygens (including phenoxy) is 1. The summed E-state index contributed by atoms with van der Waals surface area (Å²) in [6.07, 6.45) is 3.31. The SMILES string of the molecule is COc1ccc(C)c(-c2nc(-c3ccncc3)nc(C#N)c2N)c1C. The number of pyridine rings is 1. The minimum atomic E-state index is 0.151. The third kappa shape index (κ3) is 2.88. The number of nitrogens with two attached hydrogens (primary N) is 1. The number of rotatable bonds is 3. The molecule has 0 radical (unpaired) electrons. The largest absolute Gasteiger partial charge is 0.496 e. The summed E-state index contributed by atoms with van der Waals surface area (Å²) in [5.74, 6) is 1.17. The second-order valence-corrected chi connectivity index (χ2v) is 5.59. The van der Waals surface area contributed by atoms with E-state index in [4.69, 9.17) is 10.5 Å². The lowest BCUT2D eigenvalue weighted by Crippen LogP contribution is -2.05. The fourth-order valence-electron chi connectivity index (χ4n) is 2.79. The third-order valence-electron chi connectivity index (χ3n) is 4.07. The van der Waals surface area contributed by atoms with E-state index in [1.54, 1.807) is 31.6 Å². The number of methoxy groups -OCH3 is 1. The highest BCUT2D eigenvalue weighted by Crippen LogP contribution is 2.36. The lowest BCUT2D eigenvalue weighted by Gasteiger charge is -2.16. The number of anilines is 1. The molecule has 0 unspecified atom stereocenters. The van der Waals surface area contributed by atoms with Crippen molar-refractivity contribution in [1.29, 1.82) is 5.26 Å². The van der Waals surface area contributed by atoms with Crippen molar-refractivity contribution < 1.29 is 4.74 Å². The zero-order valence-corrected chi connectivity index (χ0v) is 14.2. The van der Waals surface area contributed by atoms with Crippen molar-refractivity contribution in [3.8, 4) is 34.5 Å². The van der Waals surface area contributed by atoms with Gasteiger partial charge in [0, 0.05) is 29.1 Å². The van der Waals surface area contributed by atoms with Crippen LogP contribution in [0.1, 0.15) is 16.8 Å². The predicted molar refractivity (Wildman–Crippen MR) is 95.9 cm³/mol. The molecule has 6 nitrogen and oxygen atoms in total. The van der Waals surface area contributed by atoms with Gasteiger partial charge in [0.1, 0.15) is 11.8 Å². The van der Waals surface area contributed by atoms with E-state index >= 15 is 0 Å². The van der Waals surface area contributed by atoms with Crippen molar-refractivity contribution >= 4 is 5.69 Å². The second-order valence-electron chi connectivity index (χ2n) is 5.59. The molecule has 0 atom stereocenters. The Hall–Kier alpha value is -3.46. The zero-order valence-electron chi connectivity index (χ0n) is 14.2. The zero-order chi connectivity index (χ0) is 18.0. The number of aromatic nitrogens is 3. The molecule has 0 aliphatic rings. The summed E-state index contributed by atoms with van der Waals surface area (Å²) in [5, 5.41) is 9.44. The summed E-state index contributed by atoms with van der Waals surface area (Å²) < 4.78 is 5.42. The van der Waals surface area contributed by atoms with Gasteiger partial charge in [0.05, 0.1) is 18.5 Å². The van der Waals surface area contributed by atoms with Crippen LogP contribution in [0.5, 0.6) is 5.75 Å². The number of nitriles is 1. The molecular weight excluding hydrogens is 314 g/mol. The molecule has 0 bridgehead atoms. The van der Waals surface area contributed by atoms with Gasteiger partial charge in [0.2, 0.25) is 0 Å². The first-order chi connectivity index (χ1) is 12.1. The van der Waals surface area contributed by atoms with Crippen molar-refractivity contribution in [3.05, 3.63) is 53.5 Å². The van der Waals surface area contributed by atoms with Crippen LogP contribution < -0.4 is 10.5 Å². The molecule has 1 aromatic carbocycles. The first kappa shape index (κ1) is 16.4. The first-order valence-electron chi connectivity index (χ1n) is 7.69. The Balaban J connectivity index is 2.33. The molecular formula is C19H17N5O. The molecule has 0 aliphatic heterocycles. The molecule has 0 spiro atoms. The van der Waals surface area contributed by atoms with Gasteiger partial charge < -0.3 is 10.5 Å². The Morgan fingerprint density at radius 1 is 1.08 bits per heavy atom. The van der Waals surface area contributed by atoms with E-state index in [1.165, 1.54) is 0 Å². The highest BCUT2D eigenvalue weighted by Gasteiger charge is 2.19. The second kappa shape index (κ2) is 6.57. The molecule has 0 amide bonds. The highest BCUT2D eigenvalue weighted by molar-refractivity contribution is 5.82. The van der Waals surface area contributed by atoms with Crippen LogP contribution in [0, 0.1) is 25.2 Å². The van der Waals surface area contributed by atoms with Crippen molar-refractivity contribution in [3.63, 3.8) is 0 Å². The van der Waals surface area contributed by atoms with Gasteiger partial charge in [-0.25, -0.2) is 9.97 Å². The average molecular weight is 331 g/mol. The van der Waals surface area contributed by atoms with Crippen LogP contribution in [0.4, 0.5) is 5.69 Å². The van der Waals surface area contributed by atoms with E-state index in [0.29, 0.717) is 11.5 Å². The molecule has 2 heterocycles. The van der Waals surface area contributed by atoms with E-state index in [1.807, 2.05) is 26.0 Å². The van der Waals surface area contributed by atoms with E-state index in [2.05, 4.69) is 21.0 Å². The maximum atomic E-state index is 9.44. The number of nitrogen functional groups attached to an aromatic ring is 1. The van der Waals surface area contributed by atoms with Crippen LogP contribution in [0.3, 0.4) is 0 Å². The monoisotopic (exact) mass is 331 g/mol. The summed E-state index contributed by atoms with van der Waals surface area (Å²) in [6.45, 7) is 3.92. The molecule has 6 heteroatoms. The van der Waals surface area contributed by atoms with Gasteiger partial charge in [-0.05, 0) is 37.6 Å². The Labute approximate surface area is 146 Å². The van der Waals surface area contributed by atoms with Crippen LogP contribution in [0.25, 0.3) is 22.6 Å². The van der Waals surface area contributed by atoms with Crippen molar-refractivity contribution in [2.24, 2.45) is 0 Å². The Kier molecular flexibility index (Phi) is 4.31. The minimum Gasteiger partial charge on any atom is -0.496 e. The van der Waals surface area contributed by atoms with Crippen molar-refractivity contribution in [1.82, 2.24) is 15.0 Å². The third-order valence-corrected chi connectivity index (χ3v) is 4.07. The van der Waals surface area contributed by atoms with Crippen molar-refractivity contribution in [2.75, 3.05) is 12.8 Å². The topological polar surface area (TPSA) is 97.7 Å². The van der Waals surface area contributed by atoms with E-state index in [9.17, 15) is 5.26 Å². The Morgan fingerprint density at radius 2 is 1.80 bits per heavy atom. The summed E-state index contributed by atoms with van der Waals surface area (Å²) in [5.41, 5.74) is 10.7. The van der Waals surface area contributed by atoms with Crippen LogP contribution in [-0.4, -0.2) is 22.1 Å². The maximum absolute atomic E-state index is 9.44. The van der Waals surface area contributed by atoms with Gasteiger partial charge in [-0.15, -0.1) is 0 Å². The number of hydrogen-bond acceptors (Lipinski definition) is 6. The predicted octanol–water partition coefficient (Wildman–Crippen LogP) is 3.28. The summed E-state index contributed by atoms with van der Waals surface area (Å²) in [7, 11) is 1.62. The van der Waals surface area contributed by atoms with Crippen LogP contribution in [0.2, 0.25) is 0 Å². The van der Waals surface area contributed by atoms with Crippen molar-refractivity contribution in [2.45, 2.75) is 13.8 Å². The molecule has 0 fully saturated rings.